The highest BCUT2D eigenvalue weighted by molar-refractivity contribution is 5.94. The first-order valence-electron chi connectivity index (χ1n) is 11.4. The maximum atomic E-state index is 12.6. The van der Waals surface area contributed by atoms with Crippen LogP contribution < -0.4 is 14.8 Å². The molecule has 10 nitrogen and oxygen atoms in total. The molecule has 1 aliphatic heterocycles. The Hall–Kier alpha value is -4.08. The highest BCUT2D eigenvalue weighted by Crippen LogP contribution is 2.29. The summed E-state index contributed by atoms with van der Waals surface area (Å²) >= 11 is 0. The lowest BCUT2D eigenvalue weighted by Crippen LogP contribution is -2.33. The van der Waals surface area contributed by atoms with Crippen molar-refractivity contribution in [3.63, 3.8) is 0 Å². The topological polar surface area (TPSA) is 110 Å². The SMILES string of the molecule is COc1ccc(NC(=O)N(C)CCc2noc(-c3ccc(C(=O)N4CCCC4)cc3)n2)c(OC)c1. The van der Waals surface area contributed by atoms with Crippen molar-refractivity contribution >= 4 is 17.6 Å². The van der Waals surface area contributed by atoms with E-state index in [1.165, 1.54) is 12.0 Å². The monoisotopic (exact) mass is 479 g/mol. The molecule has 0 bridgehead atoms. The normalized spacial score (nSPS) is 12.9. The van der Waals surface area contributed by atoms with Crippen LogP contribution in [0.1, 0.15) is 29.0 Å². The Kier molecular flexibility index (Phi) is 7.49. The first-order valence-corrected chi connectivity index (χ1v) is 11.4. The fourth-order valence-electron chi connectivity index (χ4n) is 3.81. The van der Waals surface area contributed by atoms with Gasteiger partial charge in [-0.1, -0.05) is 5.16 Å². The molecular formula is C25H29N5O5. The molecule has 2 aromatic carbocycles. The lowest BCUT2D eigenvalue weighted by Gasteiger charge is -2.18. The number of methoxy groups -OCH3 is 2. The third-order valence-electron chi connectivity index (χ3n) is 5.91. The molecule has 0 unspecified atom stereocenters. The van der Waals surface area contributed by atoms with Crippen molar-refractivity contribution in [1.82, 2.24) is 19.9 Å². The summed E-state index contributed by atoms with van der Waals surface area (Å²) in [5.74, 6) is 2.04. The number of likely N-dealkylation sites (N-methyl/N-ethyl adjacent to an activating group) is 1. The number of amides is 3. The molecule has 1 aliphatic rings. The van der Waals surface area contributed by atoms with Crippen molar-refractivity contribution in [2.24, 2.45) is 0 Å². The molecule has 35 heavy (non-hydrogen) atoms. The molecule has 1 saturated heterocycles. The van der Waals surface area contributed by atoms with Crippen LogP contribution in [0.2, 0.25) is 0 Å². The number of carbonyl (C=O) groups is 2. The van der Waals surface area contributed by atoms with Crippen molar-refractivity contribution < 1.29 is 23.6 Å². The standard InChI is InChI=1S/C25H29N5O5/c1-29(25(32)26-20-11-10-19(33-2)16-21(20)34-3)15-12-22-27-23(35-28-22)17-6-8-18(9-7-17)24(31)30-13-4-5-14-30/h6-11,16H,4-5,12-15H2,1-3H3,(H,26,32). The summed E-state index contributed by atoms with van der Waals surface area (Å²) in [4.78, 5) is 32.9. The first kappa shape index (κ1) is 24.1. The molecule has 3 amide bonds. The Morgan fingerprint density at radius 1 is 1.09 bits per heavy atom. The van der Waals surface area contributed by atoms with Crippen LogP contribution in [0.5, 0.6) is 11.5 Å². The average Bonchev–Trinajstić information content (AvgIpc) is 3.60. The van der Waals surface area contributed by atoms with Crippen LogP contribution >= 0.6 is 0 Å². The summed E-state index contributed by atoms with van der Waals surface area (Å²) in [5, 5.41) is 6.85. The van der Waals surface area contributed by atoms with Gasteiger partial charge >= 0.3 is 6.03 Å². The van der Waals surface area contributed by atoms with Crippen molar-refractivity contribution in [2.45, 2.75) is 19.3 Å². The molecule has 0 aliphatic carbocycles. The maximum Gasteiger partial charge on any atom is 0.321 e. The average molecular weight is 480 g/mol. The van der Waals surface area contributed by atoms with Gasteiger partial charge in [0.15, 0.2) is 5.82 Å². The molecule has 0 radical (unpaired) electrons. The number of carbonyl (C=O) groups excluding carboxylic acids is 2. The van der Waals surface area contributed by atoms with E-state index in [-0.39, 0.29) is 11.9 Å². The molecule has 0 spiro atoms. The van der Waals surface area contributed by atoms with Gasteiger partial charge in [-0.2, -0.15) is 4.98 Å². The number of ether oxygens (including phenoxy) is 2. The number of anilines is 1. The lowest BCUT2D eigenvalue weighted by atomic mass is 10.1. The molecule has 10 heteroatoms. The van der Waals surface area contributed by atoms with Gasteiger partial charge in [0.2, 0.25) is 0 Å². The van der Waals surface area contributed by atoms with Gasteiger partial charge in [-0.15, -0.1) is 0 Å². The van der Waals surface area contributed by atoms with Gasteiger partial charge < -0.3 is 29.1 Å². The fourth-order valence-corrected chi connectivity index (χ4v) is 3.81. The summed E-state index contributed by atoms with van der Waals surface area (Å²) in [6, 6.07) is 12.1. The summed E-state index contributed by atoms with van der Waals surface area (Å²) in [6.07, 6.45) is 2.53. The zero-order valence-corrected chi connectivity index (χ0v) is 20.1. The van der Waals surface area contributed by atoms with E-state index in [1.54, 1.807) is 44.5 Å². The highest BCUT2D eigenvalue weighted by atomic mass is 16.5. The molecule has 3 aromatic rings. The van der Waals surface area contributed by atoms with E-state index >= 15 is 0 Å². The third-order valence-corrected chi connectivity index (χ3v) is 5.91. The van der Waals surface area contributed by atoms with Crippen LogP contribution in [0.3, 0.4) is 0 Å². The van der Waals surface area contributed by atoms with E-state index in [1.807, 2.05) is 17.0 Å². The second kappa shape index (κ2) is 10.9. The van der Waals surface area contributed by atoms with Crippen LogP contribution in [0.25, 0.3) is 11.5 Å². The van der Waals surface area contributed by atoms with Gasteiger partial charge in [0.1, 0.15) is 11.5 Å². The van der Waals surface area contributed by atoms with Crippen LogP contribution in [0.4, 0.5) is 10.5 Å². The molecule has 4 rings (SSSR count). The largest absolute Gasteiger partial charge is 0.497 e. The number of hydrogen-bond acceptors (Lipinski definition) is 7. The number of nitrogens with one attached hydrogen (secondary N) is 1. The van der Waals surface area contributed by atoms with E-state index in [0.717, 1.165) is 31.5 Å². The summed E-state index contributed by atoms with van der Waals surface area (Å²) in [7, 11) is 4.78. The first-order chi connectivity index (χ1) is 17.0. The van der Waals surface area contributed by atoms with E-state index in [2.05, 4.69) is 15.5 Å². The van der Waals surface area contributed by atoms with Crippen LogP contribution in [-0.2, 0) is 6.42 Å². The summed E-state index contributed by atoms with van der Waals surface area (Å²) in [5.41, 5.74) is 1.93. The Morgan fingerprint density at radius 2 is 1.83 bits per heavy atom. The number of hydrogen-bond donors (Lipinski definition) is 1. The summed E-state index contributed by atoms with van der Waals surface area (Å²) < 4.78 is 15.9. The molecule has 2 heterocycles. The molecule has 184 valence electrons. The number of urea groups is 1. The molecule has 1 N–H and O–H groups in total. The van der Waals surface area contributed by atoms with Crippen molar-refractivity contribution in [1.29, 1.82) is 0 Å². The Labute approximate surface area is 203 Å². The number of likely N-dealkylation sites (tertiary alicyclic amines) is 1. The minimum atomic E-state index is -0.296. The van der Waals surface area contributed by atoms with Crippen molar-refractivity contribution in [3.8, 4) is 23.0 Å². The van der Waals surface area contributed by atoms with Crippen LogP contribution in [0, 0.1) is 0 Å². The predicted octanol–water partition coefficient (Wildman–Crippen LogP) is 3.70. The van der Waals surface area contributed by atoms with Crippen LogP contribution in [-0.4, -0.2) is 72.8 Å². The molecule has 1 fully saturated rings. The van der Waals surface area contributed by atoms with Gasteiger partial charge in [0.05, 0.1) is 19.9 Å². The molecule has 0 saturated carbocycles. The van der Waals surface area contributed by atoms with Gasteiger partial charge in [-0.25, -0.2) is 4.79 Å². The fraction of sp³-hybridized carbons (Fsp3) is 0.360. The molecule has 0 atom stereocenters. The quantitative estimate of drug-likeness (QED) is 0.525. The van der Waals surface area contributed by atoms with E-state index in [9.17, 15) is 9.59 Å². The van der Waals surface area contributed by atoms with Crippen molar-refractivity contribution in [3.05, 3.63) is 53.9 Å². The zero-order chi connectivity index (χ0) is 24.8. The Morgan fingerprint density at radius 3 is 2.51 bits per heavy atom. The second-order valence-corrected chi connectivity index (χ2v) is 8.26. The van der Waals surface area contributed by atoms with Crippen LogP contribution in [0.15, 0.2) is 47.0 Å². The Bertz CT molecular complexity index is 1170. The highest BCUT2D eigenvalue weighted by Gasteiger charge is 2.20. The van der Waals surface area contributed by atoms with Gasteiger partial charge in [-0.05, 0) is 49.2 Å². The number of rotatable bonds is 8. The number of aromatic nitrogens is 2. The summed E-state index contributed by atoms with van der Waals surface area (Å²) in [6.45, 7) is 2.01. The third kappa shape index (κ3) is 5.71. The Balaban J connectivity index is 1.32. The smallest absolute Gasteiger partial charge is 0.321 e. The predicted molar refractivity (Wildman–Crippen MR) is 130 cm³/mol. The van der Waals surface area contributed by atoms with Gasteiger partial charge in [-0.3, -0.25) is 4.79 Å². The van der Waals surface area contributed by atoms with E-state index in [4.69, 9.17) is 14.0 Å². The zero-order valence-electron chi connectivity index (χ0n) is 20.1. The molecule has 1 aromatic heterocycles. The van der Waals surface area contributed by atoms with Gasteiger partial charge in [0, 0.05) is 50.3 Å². The van der Waals surface area contributed by atoms with E-state index in [0.29, 0.717) is 47.4 Å². The number of benzene rings is 2. The van der Waals surface area contributed by atoms with E-state index < -0.39 is 0 Å². The number of nitrogens with zero attached hydrogens (tertiary/aromatic N) is 4. The van der Waals surface area contributed by atoms with Crippen molar-refractivity contribution in [2.75, 3.05) is 46.2 Å². The minimum Gasteiger partial charge on any atom is -0.497 e. The second-order valence-electron chi connectivity index (χ2n) is 8.26. The lowest BCUT2D eigenvalue weighted by molar-refractivity contribution is 0.0793. The molecular weight excluding hydrogens is 450 g/mol. The minimum absolute atomic E-state index is 0.0499. The maximum absolute atomic E-state index is 12.6. The van der Waals surface area contributed by atoms with Gasteiger partial charge in [0.25, 0.3) is 11.8 Å².